The summed E-state index contributed by atoms with van der Waals surface area (Å²) in [5.41, 5.74) is 0. The SMILES string of the molecule is CC/C=C\C/C=C\C/C=C\C/C=C\CCCCCCC(=O)OC[C@H](COC(=O)CCCCCCCCC/C=C\C/C=C\CCCCC)OC(=O)CCCCCC/C=C\C/C=C\C/C=C\C/C=C\CC. The normalized spacial score (nSPS) is 13.0. The van der Waals surface area contributed by atoms with Crippen LogP contribution in [0.2, 0.25) is 0 Å². The maximum Gasteiger partial charge on any atom is 0.306 e. The average Bonchev–Trinajstić information content (AvgIpc) is 3.35. The minimum absolute atomic E-state index is 0.103. The summed E-state index contributed by atoms with van der Waals surface area (Å²) in [6.45, 7) is 6.33. The van der Waals surface area contributed by atoms with Gasteiger partial charge in [0.1, 0.15) is 13.2 Å². The Bertz CT molecular complexity index is 1470. The Hall–Kier alpha value is -4.19. The number of ether oxygens (including phenoxy) is 3. The summed E-state index contributed by atoms with van der Waals surface area (Å²) >= 11 is 0. The quantitative estimate of drug-likeness (QED) is 0.0262. The average molecular weight is 956 g/mol. The van der Waals surface area contributed by atoms with Gasteiger partial charge in [0, 0.05) is 19.3 Å². The summed E-state index contributed by atoms with van der Waals surface area (Å²) < 4.78 is 16.8. The van der Waals surface area contributed by atoms with Crippen molar-refractivity contribution in [1.29, 1.82) is 0 Å². The van der Waals surface area contributed by atoms with E-state index in [1.165, 1.54) is 51.4 Å². The largest absolute Gasteiger partial charge is 0.462 e. The standard InChI is InChI=1S/C63H102O6/c1-4-7-10-13-16-19-22-25-28-31-34-37-40-43-46-49-52-55-61(64)67-58-60(69-63(66)57-54-51-48-45-42-39-36-33-30-27-24-21-18-15-12-9-6-3)59-68-62(65)56-53-50-47-44-41-38-35-32-29-26-23-20-17-14-11-8-5-2/h7,9-10,12,16-21,25-30,34,36-37,39,60H,4-6,8,11,13-15,22-24,31-33,35,38,40-59H2,1-3H3/b10-7-,12-9-,19-16-,20-17-,21-18-,28-25-,29-26-,30-27-,37-34-,39-36-/t60-/m1/s1. The lowest BCUT2D eigenvalue weighted by molar-refractivity contribution is -0.167. The first-order chi connectivity index (χ1) is 34.0. The second-order valence-electron chi connectivity index (χ2n) is 18.1. The van der Waals surface area contributed by atoms with Crippen LogP contribution in [0.25, 0.3) is 0 Å². The molecule has 0 heterocycles. The zero-order valence-electron chi connectivity index (χ0n) is 44.5. The van der Waals surface area contributed by atoms with E-state index in [1.54, 1.807) is 0 Å². The summed E-state index contributed by atoms with van der Waals surface area (Å²) in [7, 11) is 0. The van der Waals surface area contributed by atoms with Crippen molar-refractivity contribution in [2.24, 2.45) is 0 Å². The molecule has 0 aliphatic rings. The number of carbonyl (C=O) groups is 3. The predicted octanol–water partition coefficient (Wildman–Crippen LogP) is 18.9. The molecule has 0 aromatic rings. The molecule has 1 atom stereocenters. The van der Waals surface area contributed by atoms with E-state index in [0.717, 1.165) is 148 Å². The Kier molecular flexibility index (Phi) is 53.0. The highest BCUT2D eigenvalue weighted by atomic mass is 16.6. The highest BCUT2D eigenvalue weighted by molar-refractivity contribution is 5.71. The van der Waals surface area contributed by atoms with E-state index in [0.29, 0.717) is 12.8 Å². The second-order valence-corrected chi connectivity index (χ2v) is 18.1. The highest BCUT2D eigenvalue weighted by Crippen LogP contribution is 2.13. The van der Waals surface area contributed by atoms with E-state index in [2.05, 4.69) is 142 Å². The van der Waals surface area contributed by atoms with Gasteiger partial charge in [0.25, 0.3) is 0 Å². The number of hydrogen-bond donors (Lipinski definition) is 0. The van der Waals surface area contributed by atoms with E-state index in [1.807, 2.05) is 0 Å². The number of allylic oxidation sites excluding steroid dienone is 20. The highest BCUT2D eigenvalue weighted by Gasteiger charge is 2.19. The topological polar surface area (TPSA) is 78.9 Å². The number of hydrogen-bond acceptors (Lipinski definition) is 6. The van der Waals surface area contributed by atoms with Gasteiger partial charge < -0.3 is 14.2 Å². The molecule has 0 aromatic carbocycles. The number of unbranched alkanes of at least 4 members (excludes halogenated alkanes) is 18. The first kappa shape index (κ1) is 64.8. The van der Waals surface area contributed by atoms with Crippen molar-refractivity contribution in [2.45, 2.75) is 245 Å². The van der Waals surface area contributed by atoms with Crippen LogP contribution in [0.4, 0.5) is 0 Å². The molecule has 6 nitrogen and oxygen atoms in total. The second kappa shape index (κ2) is 56.4. The summed E-state index contributed by atoms with van der Waals surface area (Å²) in [6.07, 6.45) is 77.5. The molecule has 0 radical (unpaired) electrons. The molecule has 0 saturated carbocycles. The van der Waals surface area contributed by atoms with E-state index in [-0.39, 0.29) is 37.5 Å². The van der Waals surface area contributed by atoms with Crippen LogP contribution >= 0.6 is 0 Å². The monoisotopic (exact) mass is 955 g/mol. The molecule has 0 unspecified atom stereocenters. The summed E-state index contributed by atoms with van der Waals surface area (Å²) in [4.78, 5) is 38.2. The van der Waals surface area contributed by atoms with E-state index in [9.17, 15) is 14.4 Å². The summed E-state index contributed by atoms with van der Waals surface area (Å²) in [5.74, 6) is -0.962. The van der Waals surface area contributed by atoms with Crippen molar-refractivity contribution in [3.8, 4) is 0 Å². The number of rotatable bonds is 49. The number of esters is 3. The lowest BCUT2D eigenvalue weighted by Crippen LogP contribution is -2.30. The first-order valence-electron chi connectivity index (χ1n) is 28.0. The van der Waals surface area contributed by atoms with Crippen LogP contribution in [0.1, 0.15) is 239 Å². The lowest BCUT2D eigenvalue weighted by Gasteiger charge is -2.18. The summed E-state index contributed by atoms with van der Waals surface area (Å²) in [5, 5.41) is 0. The van der Waals surface area contributed by atoms with Crippen molar-refractivity contribution in [3.05, 3.63) is 122 Å². The van der Waals surface area contributed by atoms with Gasteiger partial charge in [-0.05, 0) is 128 Å². The predicted molar refractivity (Wildman–Crippen MR) is 297 cm³/mol. The zero-order valence-corrected chi connectivity index (χ0v) is 44.5. The van der Waals surface area contributed by atoms with Gasteiger partial charge in [-0.2, -0.15) is 0 Å². The number of carbonyl (C=O) groups excluding carboxylic acids is 3. The van der Waals surface area contributed by atoms with E-state index < -0.39 is 6.10 Å². The van der Waals surface area contributed by atoms with Crippen LogP contribution in [-0.2, 0) is 28.6 Å². The van der Waals surface area contributed by atoms with E-state index in [4.69, 9.17) is 14.2 Å². The fraction of sp³-hybridized carbons (Fsp3) is 0.635. The molecule has 0 aromatic heterocycles. The third-order valence-electron chi connectivity index (χ3n) is 11.4. The molecule has 0 aliphatic heterocycles. The van der Waals surface area contributed by atoms with Crippen molar-refractivity contribution in [3.63, 3.8) is 0 Å². The smallest absolute Gasteiger partial charge is 0.306 e. The van der Waals surface area contributed by atoms with Gasteiger partial charge in [0.05, 0.1) is 0 Å². The van der Waals surface area contributed by atoms with Crippen LogP contribution in [0.5, 0.6) is 0 Å². The first-order valence-corrected chi connectivity index (χ1v) is 28.0. The van der Waals surface area contributed by atoms with Crippen molar-refractivity contribution in [2.75, 3.05) is 13.2 Å². The summed E-state index contributed by atoms with van der Waals surface area (Å²) in [6, 6.07) is 0. The maximum absolute atomic E-state index is 12.8. The fourth-order valence-electron chi connectivity index (χ4n) is 7.28. The fourth-order valence-corrected chi connectivity index (χ4v) is 7.28. The van der Waals surface area contributed by atoms with E-state index >= 15 is 0 Å². The molecule has 0 bridgehead atoms. The Balaban J connectivity index is 4.51. The van der Waals surface area contributed by atoms with Crippen LogP contribution in [-0.4, -0.2) is 37.2 Å². The Morgan fingerprint density at radius 1 is 0.304 bits per heavy atom. The molecule has 0 aliphatic carbocycles. The third-order valence-corrected chi connectivity index (χ3v) is 11.4. The van der Waals surface area contributed by atoms with Crippen LogP contribution in [0.15, 0.2) is 122 Å². The van der Waals surface area contributed by atoms with Crippen molar-refractivity contribution in [1.82, 2.24) is 0 Å². The van der Waals surface area contributed by atoms with Gasteiger partial charge in [-0.15, -0.1) is 0 Å². The minimum atomic E-state index is -0.809. The third kappa shape index (κ3) is 54.6. The van der Waals surface area contributed by atoms with Crippen LogP contribution in [0.3, 0.4) is 0 Å². The molecule has 6 heteroatoms. The molecule has 0 fully saturated rings. The van der Waals surface area contributed by atoms with Gasteiger partial charge in [0.15, 0.2) is 6.10 Å². The Labute approximate surface area is 424 Å². The van der Waals surface area contributed by atoms with Crippen LogP contribution < -0.4 is 0 Å². The van der Waals surface area contributed by atoms with Crippen molar-refractivity contribution >= 4 is 17.9 Å². The molecule has 0 N–H and O–H groups in total. The molecular formula is C63H102O6. The van der Waals surface area contributed by atoms with Crippen LogP contribution in [0, 0.1) is 0 Å². The van der Waals surface area contributed by atoms with Gasteiger partial charge in [-0.25, -0.2) is 0 Å². The zero-order chi connectivity index (χ0) is 50.0. The lowest BCUT2D eigenvalue weighted by atomic mass is 10.1. The molecule has 0 rings (SSSR count). The minimum Gasteiger partial charge on any atom is -0.462 e. The molecule has 390 valence electrons. The molecule has 69 heavy (non-hydrogen) atoms. The maximum atomic E-state index is 12.8. The molecular weight excluding hydrogens is 853 g/mol. The molecule has 0 saturated heterocycles. The molecule has 0 spiro atoms. The van der Waals surface area contributed by atoms with Gasteiger partial charge in [0.2, 0.25) is 0 Å². The molecule has 0 amide bonds. The van der Waals surface area contributed by atoms with Crippen molar-refractivity contribution < 1.29 is 28.6 Å². The Morgan fingerprint density at radius 3 is 0.884 bits per heavy atom. The van der Waals surface area contributed by atoms with Gasteiger partial charge >= 0.3 is 17.9 Å². The Morgan fingerprint density at radius 2 is 0.565 bits per heavy atom. The van der Waals surface area contributed by atoms with Gasteiger partial charge in [-0.1, -0.05) is 213 Å². The van der Waals surface area contributed by atoms with Gasteiger partial charge in [-0.3, -0.25) is 14.4 Å².